The van der Waals surface area contributed by atoms with E-state index in [-0.39, 0.29) is 17.7 Å². The second-order valence-electron chi connectivity index (χ2n) is 4.85. The van der Waals surface area contributed by atoms with Crippen molar-refractivity contribution in [3.05, 3.63) is 0 Å². The smallest absolute Gasteiger partial charge is 0.213 e. The van der Waals surface area contributed by atoms with Gasteiger partial charge in [0, 0.05) is 25.7 Å². The van der Waals surface area contributed by atoms with Gasteiger partial charge < -0.3 is 10.1 Å². The standard InChI is InChI=1S/C11H26N2O3S/c1-9(2)11(8-16-5)13-17(14,15)7-6-12-10(3)4/h9-13H,6-8H2,1-5H3. The van der Waals surface area contributed by atoms with Gasteiger partial charge in [0.25, 0.3) is 0 Å². The molecule has 2 N–H and O–H groups in total. The molecule has 0 amide bonds. The second kappa shape index (κ2) is 8.02. The van der Waals surface area contributed by atoms with Crippen LogP contribution in [0.4, 0.5) is 0 Å². The quantitative estimate of drug-likeness (QED) is 0.640. The molecule has 0 aliphatic carbocycles. The predicted octanol–water partition coefficient (Wildman–Crippen LogP) is 0.575. The Labute approximate surface area is 105 Å². The SMILES string of the molecule is COCC(NS(=O)(=O)CCNC(C)C)C(C)C. The van der Waals surface area contributed by atoms with E-state index in [4.69, 9.17) is 4.74 Å². The first-order valence-corrected chi connectivity index (χ1v) is 7.66. The maximum Gasteiger partial charge on any atom is 0.213 e. The van der Waals surface area contributed by atoms with E-state index < -0.39 is 10.0 Å². The van der Waals surface area contributed by atoms with Crippen molar-refractivity contribution in [2.75, 3.05) is 26.0 Å². The van der Waals surface area contributed by atoms with E-state index in [1.54, 1.807) is 7.11 Å². The first kappa shape index (κ1) is 16.8. The number of ether oxygens (including phenoxy) is 1. The van der Waals surface area contributed by atoms with Crippen LogP contribution in [0.3, 0.4) is 0 Å². The molecule has 0 saturated heterocycles. The summed E-state index contributed by atoms with van der Waals surface area (Å²) in [7, 11) is -1.66. The normalized spacial score (nSPS) is 14.5. The number of sulfonamides is 1. The Morgan fingerprint density at radius 2 is 1.76 bits per heavy atom. The molecule has 0 aromatic carbocycles. The molecule has 5 nitrogen and oxygen atoms in total. The molecular weight excluding hydrogens is 240 g/mol. The lowest BCUT2D eigenvalue weighted by molar-refractivity contribution is 0.157. The van der Waals surface area contributed by atoms with Crippen molar-refractivity contribution in [3.8, 4) is 0 Å². The number of hydrogen-bond acceptors (Lipinski definition) is 4. The summed E-state index contributed by atoms with van der Waals surface area (Å²) in [5, 5.41) is 3.09. The maximum absolute atomic E-state index is 11.8. The number of nitrogens with one attached hydrogen (secondary N) is 2. The van der Waals surface area contributed by atoms with Gasteiger partial charge in [0.05, 0.1) is 12.4 Å². The highest BCUT2D eigenvalue weighted by Gasteiger charge is 2.20. The molecule has 0 rings (SSSR count). The van der Waals surface area contributed by atoms with E-state index in [0.29, 0.717) is 19.2 Å². The van der Waals surface area contributed by atoms with E-state index in [2.05, 4.69) is 10.0 Å². The molecule has 1 unspecified atom stereocenters. The van der Waals surface area contributed by atoms with Gasteiger partial charge in [-0.05, 0) is 5.92 Å². The van der Waals surface area contributed by atoms with Crippen LogP contribution in [0.5, 0.6) is 0 Å². The highest BCUT2D eigenvalue weighted by Crippen LogP contribution is 2.03. The molecule has 0 bridgehead atoms. The van der Waals surface area contributed by atoms with Gasteiger partial charge in [-0.25, -0.2) is 13.1 Å². The third-order valence-corrected chi connectivity index (χ3v) is 3.81. The molecule has 0 aromatic heterocycles. The fourth-order valence-electron chi connectivity index (χ4n) is 1.31. The van der Waals surface area contributed by atoms with Gasteiger partial charge in [0.1, 0.15) is 0 Å². The Kier molecular flexibility index (Phi) is 7.94. The molecular formula is C11H26N2O3S. The number of rotatable bonds is 9. The molecule has 0 heterocycles. The van der Waals surface area contributed by atoms with Gasteiger partial charge in [-0.15, -0.1) is 0 Å². The summed E-state index contributed by atoms with van der Waals surface area (Å²) in [6.07, 6.45) is 0. The molecule has 17 heavy (non-hydrogen) atoms. The summed E-state index contributed by atoms with van der Waals surface area (Å²) in [6.45, 7) is 8.78. The first-order chi connectivity index (χ1) is 7.78. The lowest BCUT2D eigenvalue weighted by atomic mass is 10.1. The van der Waals surface area contributed by atoms with E-state index >= 15 is 0 Å². The summed E-state index contributed by atoms with van der Waals surface area (Å²) >= 11 is 0. The van der Waals surface area contributed by atoms with Gasteiger partial charge in [0.2, 0.25) is 10.0 Å². The van der Waals surface area contributed by atoms with E-state index in [1.807, 2.05) is 27.7 Å². The molecule has 0 aliphatic heterocycles. The predicted molar refractivity (Wildman–Crippen MR) is 70.6 cm³/mol. The average molecular weight is 266 g/mol. The lowest BCUT2D eigenvalue weighted by Crippen LogP contribution is -2.44. The van der Waals surface area contributed by atoms with Crippen LogP contribution in [0.15, 0.2) is 0 Å². The minimum atomic E-state index is -3.24. The average Bonchev–Trinajstić information content (AvgIpc) is 2.15. The molecule has 0 saturated carbocycles. The number of hydrogen-bond donors (Lipinski definition) is 2. The topological polar surface area (TPSA) is 67.4 Å². The lowest BCUT2D eigenvalue weighted by Gasteiger charge is -2.21. The van der Waals surface area contributed by atoms with Gasteiger partial charge in [-0.2, -0.15) is 0 Å². The van der Waals surface area contributed by atoms with Crippen LogP contribution in [0.2, 0.25) is 0 Å². The molecule has 104 valence electrons. The molecule has 6 heteroatoms. The molecule has 1 atom stereocenters. The molecule has 0 radical (unpaired) electrons. The van der Waals surface area contributed by atoms with E-state index in [0.717, 1.165) is 0 Å². The third-order valence-electron chi connectivity index (χ3n) is 2.41. The first-order valence-electron chi connectivity index (χ1n) is 6.00. The van der Waals surface area contributed by atoms with Crippen molar-refractivity contribution < 1.29 is 13.2 Å². The second-order valence-corrected chi connectivity index (χ2v) is 6.72. The highest BCUT2D eigenvalue weighted by molar-refractivity contribution is 7.89. The van der Waals surface area contributed by atoms with Crippen LogP contribution in [0, 0.1) is 5.92 Å². The summed E-state index contributed by atoms with van der Waals surface area (Å²) in [6, 6.07) is 0.133. The van der Waals surface area contributed by atoms with Crippen LogP contribution < -0.4 is 10.0 Å². The fraction of sp³-hybridized carbons (Fsp3) is 1.00. The Hall–Kier alpha value is -0.170. The zero-order chi connectivity index (χ0) is 13.5. The van der Waals surface area contributed by atoms with Crippen LogP contribution in [-0.4, -0.2) is 46.5 Å². The molecule has 0 aromatic rings. The van der Waals surface area contributed by atoms with Gasteiger partial charge in [-0.3, -0.25) is 0 Å². The monoisotopic (exact) mass is 266 g/mol. The largest absolute Gasteiger partial charge is 0.383 e. The van der Waals surface area contributed by atoms with Crippen molar-refractivity contribution in [3.63, 3.8) is 0 Å². The van der Waals surface area contributed by atoms with Crippen molar-refractivity contribution >= 4 is 10.0 Å². The minimum Gasteiger partial charge on any atom is -0.383 e. The summed E-state index contributed by atoms with van der Waals surface area (Å²) in [5.41, 5.74) is 0. The molecule has 0 spiro atoms. The molecule has 0 fully saturated rings. The van der Waals surface area contributed by atoms with E-state index in [9.17, 15) is 8.42 Å². The van der Waals surface area contributed by atoms with Crippen molar-refractivity contribution in [1.82, 2.24) is 10.0 Å². The zero-order valence-electron chi connectivity index (χ0n) is 11.5. The van der Waals surface area contributed by atoms with Crippen LogP contribution in [0.25, 0.3) is 0 Å². The Morgan fingerprint density at radius 1 is 1.18 bits per heavy atom. The van der Waals surface area contributed by atoms with Crippen LogP contribution in [-0.2, 0) is 14.8 Å². The Balaban J connectivity index is 4.21. The van der Waals surface area contributed by atoms with Crippen molar-refractivity contribution in [2.45, 2.75) is 39.8 Å². The minimum absolute atomic E-state index is 0.0954. The fourth-order valence-corrected chi connectivity index (χ4v) is 2.62. The van der Waals surface area contributed by atoms with Gasteiger partial charge in [0.15, 0.2) is 0 Å². The van der Waals surface area contributed by atoms with Crippen LogP contribution >= 0.6 is 0 Å². The van der Waals surface area contributed by atoms with Gasteiger partial charge >= 0.3 is 0 Å². The van der Waals surface area contributed by atoms with Gasteiger partial charge in [-0.1, -0.05) is 27.7 Å². The zero-order valence-corrected chi connectivity index (χ0v) is 12.3. The van der Waals surface area contributed by atoms with Crippen molar-refractivity contribution in [2.24, 2.45) is 5.92 Å². The Morgan fingerprint density at radius 3 is 2.18 bits per heavy atom. The highest BCUT2D eigenvalue weighted by atomic mass is 32.2. The summed E-state index contributed by atoms with van der Waals surface area (Å²) in [5.74, 6) is 0.306. The van der Waals surface area contributed by atoms with E-state index in [1.165, 1.54) is 0 Å². The summed E-state index contributed by atoms with van der Waals surface area (Å²) < 4.78 is 31.3. The van der Waals surface area contributed by atoms with Crippen LogP contribution in [0.1, 0.15) is 27.7 Å². The number of methoxy groups -OCH3 is 1. The van der Waals surface area contributed by atoms with Crippen molar-refractivity contribution in [1.29, 1.82) is 0 Å². The Bertz CT molecular complexity index is 289. The third kappa shape index (κ3) is 8.54. The molecule has 0 aliphatic rings. The summed E-state index contributed by atoms with van der Waals surface area (Å²) in [4.78, 5) is 0. The maximum atomic E-state index is 11.8.